The van der Waals surface area contributed by atoms with Crippen molar-refractivity contribution in [2.45, 2.75) is 58.5 Å². The molecule has 0 radical (unpaired) electrons. The lowest BCUT2D eigenvalue weighted by Gasteiger charge is -2.21. The van der Waals surface area contributed by atoms with Gasteiger partial charge in [-0.15, -0.1) is 0 Å². The Morgan fingerprint density at radius 1 is 1.18 bits per heavy atom. The predicted octanol–water partition coefficient (Wildman–Crippen LogP) is 5.07. The standard InChI is InChI=1S/C15H24BrN/c1-4-5-6-9-12(2)17-13(3)14-10-7-8-11-15(14)16/h7-8,10-13,17H,4-6,9H2,1-3H3. The number of halogens is 1. The highest BCUT2D eigenvalue weighted by Crippen LogP contribution is 2.23. The molecule has 0 aliphatic rings. The molecular formula is C15H24BrN. The predicted molar refractivity (Wildman–Crippen MR) is 79.3 cm³/mol. The van der Waals surface area contributed by atoms with Crippen LogP contribution in [0.4, 0.5) is 0 Å². The number of rotatable bonds is 7. The Hall–Kier alpha value is -0.340. The third kappa shape index (κ3) is 5.22. The molecule has 0 saturated carbocycles. The second kappa shape index (κ2) is 7.88. The Kier molecular flexibility index (Phi) is 6.83. The van der Waals surface area contributed by atoms with Crippen LogP contribution in [-0.4, -0.2) is 6.04 Å². The molecule has 0 spiro atoms. The second-order valence-electron chi connectivity index (χ2n) is 4.81. The third-order valence-corrected chi connectivity index (χ3v) is 3.87. The van der Waals surface area contributed by atoms with E-state index in [1.807, 2.05) is 0 Å². The van der Waals surface area contributed by atoms with Crippen molar-refractivity contribution < 1.29 is 0 Å². The van der Waals surface area contributed by atoms with E-state index in [9.17, 15) is 0 Å². The fraction of sp³-hybridized carbons (Fsp3) is 0.600. The van der Waals surface area contributed by atoms with E-state index >= 15 is 0 Å². The number of benzene rings is 1. The molecule has 2 atom stereocenters. The Balaban J connectivity index is 2.43. The minimum absolute atomic E-state index is 0.405. The van der Waals surface area contributed by atoms with Crippen molar-refractivity contribution in [2.24, 2.45) is 0 Å². The summed E-state index contributed by atoms with van der Waals surface area (Å²) in [6, 6.07) is 9.44. The molecule has 1 rings (SSSR count). The first-order valence-corrected chi connectivity index (χ1v) is 7.45. The van der Waals surface area contributed by atoms with Crippen molar-refractivity contribution in [3.8, 4) is 0 Å². The maximum atomic E-state index is 3.67. The van der Waals surface area contributed by atoms with Crippen LogP contribution in [0.2, 0.25) is 0 Å². The fourth-order valence-electron chi connectivity index (χ4n) is 2.13. The summed E-state index contributed by atoms with van der Waals surface area (Å²) in [7, 11) is 0. The van der Waals surface area contributed by atoms with Gasteiger partial charge in [0.1, 0.15) is 0 Å². The number of hydrogen-bond donors (Lipinski definition) is 1. The van der Waals surface area contributed by atoms with Gasteiger partial charge in [-0.1, -0.05) is 60.3 Å². The third-order valence-electron chi connectivity index (χ3n) is 3.15. The average Bonchev–Trinajstić information content (AvgIpc) is 2.29. The summed E-state index contributed by atoms with van der Waals surface area (Å²) in [5.41, 5.74) is 1.34. The van der Waals surface area contributed by atoms with Crippen LogP contribution in [0.15, 0.2) is 28.7 Å². The van der Waals surface area contributed by atoms with E-state index in [-0.39, 0.29) is 0 Å². The molecule has 0 aromatic heterocycles. The molecule has 1 aromatic rings. The fourth-order valence-corrected chi connectivity index (χ4v) is 2.75. The summed E-state index contributed by atoms with van der Waals surface area (Å²) in [6.45, 7) is 6.77. The maximum Gasteiger partial charge on any atom is 0.0305 e. The summed E-state index contributed by atoms with van der Waals surface area (Å²) < 4.78 is 1.20. The van der Waals surface area contributed by atoms with Crippen molar-refractivity contribution >= 4 is 15.9 Å². The summed E-state index contributed by atoms with van der Waals surface area (Å²) >= 11 is 3.61. The lowest BCUT2D eigenvalue weighted by atomic mass is 10.1. The summed E-state index contributed by atoms with van der Waals surface area (Å²) in [4.78, 5) is 0. The molecule has 1 N–H and O–H groups in total. The summed E-state index contributed by atoms with van der Waals surface area (Å²) in [6.07, 6.45) is 5.23. The van der Waals surface area contributed by atoms with Gasteiger partial charge in [0, 0.05) is 16.6 Å². The van der Waals surface area contributed by atoms with Gasteiger partial charge in [-0.3, -0.25) is 0 Å². The molecule has 17 heavy (non-hydrogen) atoms. The topological polar surface area (TPSA) is 12.0 Å². The lowest BCUT2D eigenvalue weighted by molar-refractivity contribution is 0.439. The van der Waals surface area contributed by atoms with Crippen LogP contribution in [-0.2, 0) is 0 Å². The quantitative estimate of drug-likeness (QED) is 0.693. The Morgan fingerprint density at radius 2 is 1.88 bits per heavy atom. The summed E-state index contributed by atoms with van der Waals surface area (Å²) in [5.74, 6) is 0. The van der Waals surface area contributed by atoms with Gasteiger partial charge < -0.3 is 5.32 Å². The van der Waals surface area contributed by atoms with Gasteiger partial charge >= 0.3 is 0 Å². The Bertz CT molecular complexity index is 324. The molecule has 1 aromatic carbocycles. The minimum atomic E-state index is 0.405. The van der Waals surface area contributed by atoms with Crippen LogP contribution in [0, 0.1) is 0 Å². The van der Waals surface area contributed by atoms with Gasteiger partial charge in [0.05, 0.1) is 0 Å². The van der Waals surface area contributed by atoms with Gasteiger partial charge in [0.15, 0.2) is 0 Å². The first kappa shape index (κ1) is 14.7. The maximum absolute atomic E-state index is 3.67. The lowest BCUT2D eigenvalue weighted by Crippen LogP contribution is -2.29. The molecule has 0 aliphatic carbocycles. The normalized spacial score (nSPS) is 14.6. The molecular weight excluding hydrogens is 274 g/mol. The molecule has 2 heteroatoms. The molecule has 0 amide bonds. The smallest absolute Gasteiger partial charge is 0.0305 e. The monoisotopic (exact) mass is 297 g/mol. The van der Waals surface area contributed by atoms with Crippen molar-refractivity contribution in [3.63, 3.8) is 0 Å². The molecule has 0 heterocycles. The Labute approximate surface area is 114 Å². The van der Waals surface area contributed by atoms with E-state index in [4.69, 9.17) is 0 Å². The van der Waals surface area contributed by atoms with Crippen molar-refractivity contribution in [3.05, 3.63) is 34.3 Å². The molecule has 96 valence electrons. The molecule has 0 saturated heterocycles. The van der Waals surface area contributed by atoms with Crippen LogP contribution >= 0.6 is 15.9 Å². The van der Waals surface area contributed by atoms with E-state index in [0.29, 0.717) is 12.1 Å². The first-order valence-electron chi connectivity index (χ1n) is 6.65. The van der Waals surface area contributed by atoms with E-state index in [0.717, 1.165) is 0 Å². The molecule has 0 bridgehead atoms. The van der Waals surface area contributed by atoms with Gasteiger partial charge in [0.2, 0.25) is 0 Å². The van der Waals surface area contributed by atoms with Crippen LogP contribution < -0.4 is 5.32 Å². The Morgan fingerprint density at radius 3 is 2.53 bits per heavy atom. The van der Waals surface area contributed by atoms with Gasteiger partial charge in [-0.05, 0) is 31.9 Å². The number of hydrogen-bond acceptors (Lipinski definition) is 1. The highest BCUT2D eigenvalue weighted by Gasteiger charge is 2.11. The second-order valence-corrected chi connectivity index (χ2v) is 5.66. The zero-order valence-corrected chi connectivity index (χ0v) is 12.8. The largest absolute Gasteiger partial charge is 0.308 e. The van der Waals surface area contributed by atoms with Crippen LogP contribution in [0.1, 0.15) is 58.1 Å². The highest BCUT2D eigenvalue weighted by atomic mass is 79.9. The number of unbranched alkanes of at least 4 members (excludes halogenated alkanes) is 2. The SMILES string of the molecule is CCCCCC(C)NC(C)c1ccccc1Br. The van der Waals surface area contributed by atoms with Gasteiger partial charge in [0.25, 0.3) is 0 Å². The van der Waals surface area contributed by atoms with Gasteiger partial charge in [-0.2, -0.15) is 0 Å². The van der Waals surface area contributed by atoms with Crippen LogP contribution in [0.25, 0.3) is 0 Å². The average molecular weight is 298 g/mol. The number of nitrogens with one attached hydrogen (secondary N) is 1. The minimum Gasteiger partial charge on any atom is -0.308 e. The molecule has 0 aliphatic heterocycles. The molecule has 2 unspecified atom stereocenters. The van der Waals surface area contributed by atoms with E-state index in [1.165, 1.54) is 35.7 Å². The zero-order valence-electron chi connectivity index (χ0n) is 11.2. The summed E-state index contributed by atoms with van der Waals surface area (Å²) in [5, 5.41) is 3.67. The first-order chi connectivity index (χ1) is 8.15. The molecule has 1 nitrogen and oxygen atoms in total. The van der Waals surface area contributed by atoms with Crippen LogP contribution in [0.5, 0.6) is 0 Å². The van der Waals surface area contributed by atoms with E-state index in [1.54, 1.807) is 0 Å². The van der Waals surface area contributed by atoms with Crippen molar-refractivity contribution in [1.29, 1.82) is 0 Å². The van der Waals surface area contributed by atoms with Gasteiger partial charge in [-0.25, -0.2) is 0 Å². The zero-order chi connectivity index (χ0) is 12.7. The van der Waals surface area contributed by atoms with Crippen LogP contribution in [0.3, 0.4) is 0 Å². The molecule has 0 fully saturated rings. The highest BCUT2D eigenvalue weighted by molar-refractivity contribution is 9.10. The van der Waals surface area contributed by atoms with E-state index < -0.39 is 0 Å². The van der Waals surface area contributed by atoms with E-state index in [2.05, 4.69) is 66.3 Å². The van der Waals surface area contributed by atoms with Crippen molar-refractivity contribution in [1.82, 2.24) is 5.32 Å². The van der Waals surface area contributed by atoms with Crippen molar-refractivity contribution in [2.75, 3.05) is 0 Å².